The van der Waals surface area contributed by atoms with Crippen LogP contribution < -0.4 is 10.6 Å². The fourth-order valence-electron chi connectivity index (χ4n) is 1.89. The Morgan fingerprint density at radius 3 is 2.88 bits per heavy atom. The molecule has 1 fully saturated rings. The van der Waals surface area contributed by atoms with Gasteiger partial charge in [0.2, 0.25) is 0 Å². The van der Waals surface area contributed by atoms with Crippen molar-refractivity contribution in [1.29, 1.82) is 0 Å². The molecule has 1 saturated heterocycles. The Kier molecular flexibility index (Phi) is 3.41. The van der Waals surface area contributed by atoms with Crippen LogP contribution in [0.25, 0.3) is 0 Å². The maximum atomic E-state index is 5.79. The monoisotopic (exact) mass is 221 g/mol. The molecule has 2 rings (SSSR count). The van der Waals surface area contributed by atoms with Gasteiger partial charge in [-0.1, -0.05) is 6.07 Å². The molecule has 1 aliphatic rings. The summed E-state index contributed by atoms with van der Waals surface area (Å²) in [5.41, 5.74) is 6.86. The van der Waals surface area contributed by atoms with Crippen LogP contribution in [-0.4, -0.2) is 31.3 Å². The highest BCUT2D eigenvalue weighted by Crippen LogP contribution is 2.19. The van der Waals surface area contributed by atoms with Crippen LogP contribution >= 0.6 is 0 Å². The van der Waals surface area contributed by atoms with E-state index in [0.717, 1.165) is 31.0 Å². The molecule has 16 heavy (non-hydrogen) atoms. The van der Waals surface area contributed by atoms with E-state index in [-0.39, 0.29) is 6.04 Å². The van der Waals surface area contributed by atoms with Crippen molar-refractivity contribution in [3.8, 4) is 0 Å². The summed E-state index contributed by atoms with van der Waals surface area (Å²) in [6.07, 6.45) is 2.93. The molecular weight excluding hydrogens is 202 g/mol. The van der Waals surface area contributed by atoms with Gasteiger partial charge in [0.05, 0.1) is 12.6 Å². The van der Waals surface area contributed by atoms with Gasteiger partial charge >= 0.3 is 0 Å². The van der Waals surface area contributed by atoms with Crippen LogP contribution in [-0.2, 0) is 4.74 Å². The van der Waals surface area contributed by atoms with Gasteiger partial charge in [0, 0.05) is 25.9 Å². The van der Waals surface area contributed by atoms with Crippen molar-refractivity contribution in [3.63, 3.8) is 0 Å². The summed E-state index contributed by atoms with van der Waals surface area (Å²) in [4.78, 5) is 6.61. The van der Waals surface area contributed by atoms with Gasteiger partial charge in [0.1, 0.15) is 5.82 Å². The lowest BCUT2D eigenvalue weighted by Crippen LogP contribution is -2.32. The first-order valence-electron chi connectivity index (χ1n) is 5.70. The minimum atomic E-state index is 0.0432. The number of likely N-dealkylation sites (N-methyl/N-ethyl adjacent to an activating group) is 1. The molecule has 4 nitrogen and oxygen atoms in total. The van der Waals surface area contributed by atoms with Crippen molar-refractivity contribution in [2.24, 2.45) is 5.73 Å². The van der Waals surface area contributed by atoms with Crippen molar-refractivity contribution in [3.05, 3.63) is 23.9 Å². The normalized spacial score (nSPS) is 22.1. The van der Waals surface area contributed by atoms with Gasteiger partial charge in [-0.3, -0.25) is 0 Å². The molecule has 0 saturated carbocycles. The molecule has 1 aromatic heterocycles. The first-order valence-corrected chi connectivity index (χ1v) is 5.70. The average molecular weight is 221 g/mol. The molecule has 1 aliphatic heterocycles. The number of nitrogens with zero attached hydrogens (tertiary/aromatic N) is 2. The zero-order valence-corrected chi connectivity index (χ0v) is 9.89. The SMILES string of the molecule is CC(N)c1ccc(N(C)C2CCOC2)nc1. The third-order valence-corrected chi connectivity index (χ3v) is 3.11. The Hall–Kier alpha value is -1.13. The lowest BCUT2D eigenvalue weighted by Gasteiger charge is -2.24. The molecule has 2 heterocycles. The van der Waals surface area contributed by atoms with Crippen LogP contribution in [0.4, 0.5) is 5.82 Å². The molecular formula is C12H19N3O. The molecule has 0 aliphatic carbocycles. The van der Waals surface area contributed by atoms with Crippen LogP contribution in [0, 0.1) is 0 Å². The van der Waals surface area contributed by atoms with Crippen LogP contribution in [0.2, 0.25) is 0 Å². The molecule has 0 radical (unpaired) electrons. The van der Waals surface area contributed by atoms with Gasteiger partial charge in [0.25, 0.3) is 0 Å². The van der Waals surface area contributed by atoms with E-state index in [1.807, 2.05) is 25.3 Å². The van der Waals surface area contributed by atoms with Crippen molar-refractivity contribution >= 4 is 5.82 Å². The van der Waals surface area contributed by atoms with E-state index in [1.165, 1.54) is 0 Å². The van der Waals surface area contributed by atoms with Crippen molar-refractivity contribution < 1.29 is 4.74 Å². The van der Waals surface area contributed by atoms with Gasteiger partial charge in [0.15, 0.2) is 0 Å². The van der Waals surface area contributed by atoms with Gasteiger partial charge in [-0.2, -0.15) is 0 Å². The molecule has 1 aromatic rings. The first-order chi connectivity index (χ1) is 7.68. The average Bonchev–Trinajstić information content (AvgIpc) is 2.81. The largest absolute Gasteiger partial charge is 0.379 e. The minimum absolute atomic E-state index is 0.0432. The Balaban J connectivity index is 2.08. The molecule has 4 heteroatoms. The standard InChI is InChI=1S/C12H19N3O/c1-9(13)10-3-4-12(14-7-10)15(2)11-5-6-16-8-11/h3-4,7,9,11H,5-6,8,13H2,1-2H3. The summed E-state index contributed by atoms with van der Waals surface area (Å²) >= 11 is 0. The van der Waals surface area contributed by atoms with Crippen LogP contribution in [0.1, 0.15) is 24.9 Å². The van der Waals surface area contributed by atoms with E-state index in [2.05, 4.69) is 16.9 Å². The molecule has 2 N–H and O–H groups in total. The summed E-state index contributed by atoms with van der Waals surface area (Å²) in [5.74, 6) is 0.986. The van der Waals surface area contributed by atoms with E-state index < -0.39 is 0 Å². The molecule has 2 atom stereocenters. The third kappa shape index (κ3) is 2.33. The second kappa shape index (κ2) is 4.80. The number of hydrogen-bond acceptors (Lipinski definition) is 4. The number of ether oxygens (including phenoxy) is 1. The fourth-order valence-corrected chi connectivity index (χ4v) is 1.89. The second-order valence-corrected chi connectivity index (χ2v) is 4.37. The Bertz CT molecular complexity index is 331. The molecule has 0 aromatic carbocycles. The number of anilines is 1. The van der Waals surface area contributed by atoms with E-state index >= 15 is 0 Å². The van der Waals surface area contributed by atoms with Gasteiger partial charge in [-0.05, 0) is 25.0 Å². The van der Waals surface area contributed by atoms with Crippen LogP contribution in [0.15, 0.2) is 18.3 Å². The number of aromatic nitrogens is 1. The maximum absolute atomic E-state index is 5.79. The molecule has 0 spiro atoms. The summed E-state index contributed by atoms with van der Waals surface area (Å²) in [5, 5.41) is 0. The highest BCUT2D eigenvalue weighted by molar-refractivity contribution is 5.40. The summed E-state index contributed by atoms with van der Waals surface area (Å²) < 4.78 is 5.37. The number of hydrogen-bond donors (Lipinski definition) is 1. The lowest BCUT2D eigenvalue weighted by molar-refractivity contribution is 0.193. The maximum Gasteiger partial charge on any atom is 0.128 e. The topological polar surface area (TPSA) is 51.4 Å². The second-order valence-electron chi connectivity index (χ2n) is 4.37. The highest BCUT2D eigenvalue weighted by atomic mass is 16.5. The fraction of sp³-hybridized carbons (Fsp3) is 0.583. The summed E-state index contributed by atoms with van der Waals surface area (Å²) in [6, 6.07) is 4.56. The molecule has 0 amide bonds. The van der Waals surface area contributed by atoms with Crippen molar-refractivity contribution in [1.82, 2.24) is 4.98 Å². The van der Waals surface area contributed by atoms with E-state index in [0.29, 0.717) is 6.04 Å². The quantitative estimate of drug-likeness (QED) is 0.836. The van der Waals surface area contributed by atoms with Crippen LogP contribution in [0.3, 0.4) is 0 Å². The first kappa shape index (κ1) is 11.4. The van der Waals surface area contributed by atoms with Crippen molar-refractivity contribution in [2.45, 2.75) is 25.4 Å². The number of pyridine rings is 1. The van der Waals surface area contributed by atoms with E-state index in [1.54, 1.807) is 0 Å². The summed E-state index contributed by atoms with van der Waals surface area (Å²) in [6.45, 7) is 3.62. The Morgan fingerprint density at radius 1 is 1.56 bits per heavy atom. The van der Waals surface area contributed by atoms with Gasteiger partial charge < -0.3 is 15.4 Å². The van der Waals surface area contributed by atoms with E-state index in [4.69, 9.17) is 10.5 Å². The minimum Gasteiger partial charge on any atom is -0.379 e. The predicted octanol–water partition coefficient (Wildman–Crippen LogP) is 1.33. The van der Waals surface area contributed by atoms with E-state index in [9.17, 15) is 0 Å². The summed E-state index contributed by atoms with van der Waals surface area (Å²) in [7, 11) is 2.06. The van der Waals surface area contributed by atoms with Crippen molar-refractivity contribution in [2.75, 3.05) is 25.2 Å². The molecule has 2 unspecified atom stereocenters. The van der Waals surface area contributed by atoms with Gasteiger partial charge in [-0.15, -0.1) is 0 Å². The highest BCUT2D eigenvalue weighted by Gasteiger charge is 2.21. The number of nitrogens with two attached hydrogens (primary N) is 1. The molecule has 88 valence electrons. The van der Waals surface area contributed by atoms with Gasteiger partial charge in [-0.25, -0.2) is 4.98 Å². The Labute approximate surface area is 96.4 Å². The smallest absolute Gasteiger partial charge is 0.128 e. The molecule has 0 bridgehead atoms. The zero-order chi connectivity index (χ0) is 11.5. The lowest BCUT2D eigenvalue weighted by atomic mass is 10.1. The predicted molar refractivity (Wildman–Crippen MR) is 64.5 cm³/mol. The third-order valence-electron chi connectivity index (χ3n) is 3.11. The Morgan fingerprint density at radius 2 is 2.38 bits per heavy atom. The van der Waals surface area contributed by atoms with Crippen LogP contribution in [0.5, 0.6) is 0 Å². The number of rotatable bonds is 3. The zero-order valence-electron chi connectivity index (χ0n) is 9.89.